The van der Waals surface area contributed by atoms with Gasteiger partial charge in [0.05, 0.1) is 4.47 Å². The smallest absolute Gasteiger partial charge is 0.251 e. The summed E-state index contributed by atoms with van der Waals surface area (Å²) in [6.07, 6.45) is 3.60. The number of amides is 1. The van der Waals surface area contributed by atoms with Crippen molar-refractivity contribution >= 4 is 21.8 Å². The molecule has 0 heterocycles. The van der Waals surface area contributed by atoms with E-state index in [1.807, 2.05) is 0 Å². The number of benzene rings is 1. The van der Waals surface area contributed by atoms with Gasteiger partial charge in [0.15, 0.2) is 0 Å². The van der Waals surface area contributed by atoms with E-state index in [0.29, 0.717) is 16.0 Å². The van der Waals surface area contributed by atoms with Crippen LogP contribution in [-0.4, -0.2) is 23.7 Å². The van der Waals surface area contributed by atoms with Crippen LogP contribution in [0.3, 0.4) is 0 Å². The van der Waals surface area contributed by atoms with Gasteiger partial charge in [-0.25, -0.2) is 4.39 Å². The first kappa shape index (κ1) is 14.5. The standard InChI is InChI=1S/C14H17BrFNO2/c15-12-6-3-10(7-13(12)16)14(19)17-11-4-1-9(8-18)2-5-11/h3,6-7,9,11,18H,1-2,4-5,8H2,(H,17,19). The summed E-state index contributed by atoms with van der Waals surface area (Å²) in [4.78, 5) is 12.0. The van der Waals surface area contributed by atoms with Gasteiger partial charge in [-0.2, -0.15) is 0 Å². The van der Waals surface area contributed by atoms with Gasteiger partial charge in [-0.3, -0.25) is 4.79 Å². The van der Waals surface area contributed by atoms with Crippen molar-refractivity contribution in [3.63, 3.8) is 0 Å². The van der Waals surface area contributed by atoms with Crippen LogP contribution >= 0.6 is 15.9 Å². The van der Waals surface area contributed by atoms with E-state index in [4.69, 9.17) is 5.11 Å². The topological polar surface area (TPSA) is 49.3 Å². The van der Waals surface area contributed by atoms with Gasteiger partial charge in [0.25, 0.3) is 5.91 Å². The predicted octanol–water partition coefficient (Wildman–Crippen LogP) is 2.87. The molecule has 1 amide bonds. The highest BCUT2D eigenvalue weighted by molar-refractivity contribution is 9.10. The lowest BCUT2D eigenvalue weighted by atomic mass is 9.86. The highest BCUT2D eigenvalue weighted by Crippen LogP contribution is 2.24. The van der Waals surface area contributed by atoms with Crippen molar-refractivity contribution in [2.45, 2.75) is 31.7 Å². The maximum absolute atomic E-state index is 13.4. The molecule has 0 aliphatic heterocycles. The molecule has 0 aromatic heterocycles. The Morgan fingerprint density at radius 2 is 2.05 bits per heavy atom. The zero-order valence-corrected chi connectivity index (χ0v) is 12.1. The Bertz CT molecular complexity index is 459. The van der Waals surface area contributed by atoms with E-state index in [-0.39, 0.29) is 18.6 Å². The number of hydrogen-bond acceptors (Lipinski definition) is 2. The van der Waals surface area contributed by atoms with Crippen LogP contribution in [-0.2, 0) is 0 Å². The van der Waals surface area contributed by atoms with Crippen molar-refractivity contribution in [1.29, 1.82) is 0 Å². The number of aliphatic hydroxyl groups excluding tert-OH is 1. The van der Waals surface area contributed by atoms with Crippen LogP contribution in [0.5, 0.6) is 0 Å². The highest BCUT2D eigenvalue weighted by Gasteiger charge is 2.22. The molecule has 0 atom stereocenters. The van der Waals surface area contributed by atoms with E-state index in [1.165, 1.54) is 12.1 Å². The number of nitrogens with one attached hydrogen (secondary N) is 1. The van der Waals surface area contributed by atoms with Gasteiger partial charge in [0, 0.05) is 18.2 Å². The Labute approximate surface area is 120 Å². The Balaban J connectivity index is 1.92. The Kier molecular flexibility index (Phi) is 4.93. The Morgan fingerprint density at radius 1 is 1.37 bits per heavy atom. The molecule has 1 aliphatic rings. The van der Waals surface area contributed by atoms with E-state index >= 15 is 0 Å². The molecular formula is C14H17BrFNO2. The van der Waals surface area contributed by atoms with Gasteiger partial charge in [0.2, 0.25) is 0 Å². The normalized spacial score (nSPS) is 23.1. The van der Waals surface area contributed by atoms with E-state index in [9.17, 15) is 9.18 Å². The largest absolute Gasteiger partial charge is 0.396 e. The molecule has 0 radical (unpaired) electrons. The van der Waals surface area contributed by atoms with E-state index in [2.05, 4.69) is 21.2 Å². The van der Waals surface area contributed by atoms with Crippen molar-refractivity contribution in [2.75, 3.05) is 6.61 Å². The lowest BCUT2D eigenvalue weighted by molar-refractivity contribution is 0.0913. The van der Waals surface area contributed by atoms with Crippen molar-refractivity contribution in [2.24, 2.45) is 5.92 Å². The average Bonchev–Trinajstić information content (AvgIpc) is 2.42. The average molecular weight is 330 g/mol. The molecule has 3 nitrogen and oxygen atoms in total. The summed E-state index contributed by atoms with van der Waals surface area (Å²) in [6, 6.07) is 4.50. The second kappa shape index (κ2) is 6.48. The zero-order valence-electron chi connectivity index (χ0n) is 10.5. The fourth-order valence-electron chi connectivity index (χ4n) is 2.40. The first-order valence-electron chi connectivity index (χ1n) is 6.47. The first-order chi connectivity index (χ1) is 9.10. The molecule has 1 saturated carbocycles. The molecule has 5 heteroatoms. The van der Waals surface area contributed by atoms with Crippen LogP contribution in [0.1, 0.15) is 36.0 Å². The summed E-state index contributed by atoms with van der Waals surface area (Å²) in [5.74, 6) is -0.311. The van der Waals surface area contributed by atoms with Crippen molar-refractivity contribution in [3.05, 3.63) is 34.1 Å². The minimum absolute atomic E-state index is 0.127. The number of aliphatic hydroxyl groups is 1. The van der Waals surface area contributed by atoms with Crippen LogP contribution in [0.15, 0.2) is 22.7 Å². The molecule has 2 rings (SSSR count). The van der Waals surface area contributed by atoms with Gasteiger partial charge in [-0.1, -0.05) is 0 Å². The summed E-state index contributed by atoms with van der Waals surface area (Å²) in [5, 5.41) is 12.0. The number of hydrogen-bond donors (Lipinski definition) is 2. The molecule has 1 aromatic rings. The van der Waals surface area contributed by atoms with Gasteiger partial charge in [-0.15, -0.1) is 0 Å². The van der Waals surface area contributed by atoms with Crippen molar-refractivity contribution in [1.82, 2.24) is 5.32 Å². The maximum Gasteiger partial charge on any atom is 0.251 e. The Morgan fingerprint density at radius 3 is 2.63 bits per heavy atom. The molecule has 2 N–H and O–H groups in total. The number of halogens is 2. The minimum atomic E-state index is -0.434. The van der Waals surface area contributed by atoms with E-state index in [1.54, 1.807) is 6.07 Å². The van der Waals surface area contributed by atoms with Crippen molar-refractivity contribution < 1.29 is 14.3 Å². The second-order valence-electron chi connectivity index (χ2n) is 5.00. The third-order valence-corrected chi connectivity index (χ3v) is 4.27. The van der Waals surface area contributed by atoms with E-state index < -0.39 is 5.82 Å². The lowest BCUT2D eigenvalue weighted by Gasteiger charge is -2.27. The highest BCUT2D eigenvalue weighted by atomic mass is 79.9. The third kappa shape index (κ3) is 3.76. The van der Waals surface area contributed by atoms with Crippen LogP contribution < -0.4 is 5.32 Å². The fourth-order valence-corrected chi connectivity index (χ4v) is 2.64. The van der Waals surface area contributed by atoms with E-state index in [0.717, 1.165) is 25.7 Å². The monoisotopic (exact) mass is 329 g/mol. The third-order valence-electron chi connectivity index (χ3n) is 3.62. The molecule has 0 spiro atoms. The van der Waals surface area contributed by atoms with Crippen LogP contribution in [0, 0.1) is 11.7 Å². The summed E-state index contributed by atoms with van der Waals surface area (Å²) in [7, 11) is 0. The van der Waals surface area contributed by atoms with Crippen LogP contribution in [0.25, 0.3) is 0 Å². The molecule has 1 aliphatic carbocycles. The van der Waals surface area contributed by atoms with Crippen molar-refractivity contribution in [3.8, 4) is 0 Å². The molecule has 1 fully saturated rings. The quantitative estimate of drug-likeness (QED) is 0.895. The fraction of sp³-hybridized carbons (Fsp3) is 0.500. The van der Waals surface area contributed by atoms with Gasteiger partial charge in [-0.05, 0) is 65.7 Å². The molecule has 0 bridgehead atoms. The SMILES string of the molecule is O=C(NC1CCC(CO)CC1)c1ccc(Br)c(F)c1. The lowest BCUT2D eigenvalue weighted by Crippen LogP contribution is -2.38. The summed E-state index contributed by atoms with van der Waals surface area (Å²) in [5.41, 5.74) is 0.338. The molecule has 104 valence electrons. The van der Waals surface area contributed by atoms with Gasteiger partial charge in [0.1, 0.15) is 5.82 Å². The first-order valence-corrected chi connectivity index (χ1v) is 7.26. The van der Waals surface area contributed by atoms with Crippen LogP contribution in [0.2, 0.25) is 0 Å². The van der Waals surface area contributed by atoms with Gasteiger partial charge >= 0.3 is 0 Å². The van der Waals surface area contributed by atoms with Gasteiger partial charge < -0.3 is 10.4 Å². The number of carbonyl (C=O) groups is 1. The number of carbonyl (C=O) groups excluding carboxylic acids is 1. The molecule has 0 unspecified atom stereocenters. The minimum Gasteiger partial charge on any atom is -0.396 e. The summed E-state index contributed by atoms with van der Waals surface area (Å²) in [6.45, 7) is 0.221. The maximum atomic E-state index is 13.4. The predicted molar refractivity (Wildman–Crippen MR) is 74.4 cm³/mol. The molecule has 1 aromatic carbocycles. The summed E-state index contributed by atoms with van der Waals surface area (Å²) >= 11 is 3.06. The molecular weight excluding hydrogens is 313 g/mol. The summed E-state index contributed by atoms with van der Waals surface area (Å²) < 4.78 is 13.7. The molecule has 19 heavy (non-hydrogen) atoms. The zero-order chi connectivity index (χ0) is 13.8. The Hall–Kier alpha value is -0.940. The second-order valence-corrected chi connectivity index (χ2v) is 5.86. The number of rotatable bonds is 3. The van der Waals surface area contributed by atoms with Crippen LogP contribution in [0.4, 0.5) is 4.39 Å². The molecule has 0 saturated heterocycles.